The normalized spacial score (nSPS) is 10.0. The second-order valence-corrected chi connectivity index (χ2v) is 4.01. The van der Waals surface area contributed by atoms with Gasteiger partial charge in [0.15, 0.2) is 17.2 Å². The summed E-state index contributed by atoms with van der Waals surface area (Å²) in [4.78, 5) is 15.1. The van der Waals surface area contributed by atoms with E-state index in [1.807, 2.05) is 6.92 Å². The molecule has 21 heavy (non-hydrogen) atoms. The Hall–Kier alpha value is -2.76. The van der Waals surface area contributed by atoms with Gasteiger partial charge in [0, 0.05) is 6.20 Å². The Morgan fingerprint density at radius 3 is 2.71 bits per heavy atom. The number of ether oxygens (including phenoxy) is 3. The standard InChI is InChI=1S/C15H15NO5/c1-3-20-12-5-4-8-16-14(12)21-13-9-10(15(17)18)6-7-11(13)19-2/h4-9H,3H2,1-2H3,(H,17,18). The predicted molar refractivity (Wildman–Crippen MR) is 75.4 cm³/mol. The summed E-state index contributed by atoms with van der Waals surface area (Å²) in [6, 6.07) is 7.80. The Morgan fingerprint density at radius 2 is 2.05 bits per heavy atom. The molecule has 0 spiro atoms. The van der Waals surface area contributed by atoms with Crippen molar-refractivity contribution < 1.29 is 24.1 Å². The summed E-state index contributed by atoms with van der Waals surface area (Å²) < 4.78 is 16.2. The molecule has 1 N–H and O–H groups in total. The first-order valence-electron chi connectivity index (χ1n) is 6.32. The molecule has 110 valence electrons. The quantitative estimate of drug-likeness (QED) is 0.880. The number of rotatable bonds is 6. The summed E-state index contributed by atoms with van der Waals surface area (Å²) in [6.07, 6.45) is 1.56. The van der Waals surface area contributed by atoms with Crippen LogP contribution in [0.2, 0.25) is 0 Å². The SMILES string of the molecule is CCOc1cccnc1Oc1cc(C(=O)O)ccc1OC. The minimum absolute atomic E-state index is 0.0969. The van der Waals surface area contributed by atoms with Gasteiger partial charge in [-0.3, -0.25) is 0 Å². The number of aromatic nitrogens is 1. The molecule has 1 aromatic carbocycles. The van der Waals surface area contributed by atoms with E-state index in [2.05, 4.69) is 4.98 Å². The van der Waals surface area contributed by atoms with Crippen LogP contribution >= 0.6 is 0 Å². The van der Waals surface area contributed by atoms with Crippen LogP contribution in [0.5, 0.6) is 23.1 Å². The third-order valence-electron chi connectivity index (χ3n) is 2.65. The molecule has 0 saturated carbocycles. The molecule has 0 saturated heterocycles. The minimum Gasteiger partial charge on any atom is -0.493 e. The van der Waals surface area contributed by atoms with Crippen LogP contribution in [0.4, 0.5) is 0 Å². The van der Waals surface area contributed by atoms with Crippen LogP contribution in [0.25, 0.3) is 0 Å². The molecule has 6 nitrogen and oxygen atoms in total. The van der Waals surface area contributed by atoms with Gasteiger partial charge in [-0.2, -0.15) is 0 Å². The van der Waals surface area contributed by atoms with Gasteiger partial charge in [0.2, 0.25) is 0 Å². The highest BCUT2D eigenvalue weighted by Crippen LogP contribution is 2.35. The Balaban J connectivity index is 2.38. The van der Waals surface area contributed by atoms with Crippen LogP contribution < -0.4 is 14.2 Å². The van der Waals surface area contributed by atoms with Crippen molar-refractivity contribution in [3.63, 3.8) is 0 Å². The average Bonchev–Trinajstić information content (AvgIpc) is 2.49. The molecule has 0 radical (unpaired) electrons. The van der Waals surface area contributed by atoms with Gasteiger partial charge in [0.25, 0.3) is 5.88 Å². The largest absolute Gasteiger partial charge is 0.493 e. The summed E-state index contributed by atoms with van der Waals surface area (Å²) in [5.74, 6) is 0.349. The number of carboxylic acids is 1. The molecule has 0 aliphatic heterocycles. The average molecular weight is 289 g/mol. The predicted octanol–water partition coefficient (Wildman–Crippen LogP) is 2.98. The van der Waals surface area contributed by atoms with E-state index >= 15 is 0 Å². The zero-order chi connectivity index (χ0) is 15.2. The topological polar surface area (TPSA) is 77.9 Å². The van der Waals surface area contributed by atoms with Crippen molar-refractivity contribution in [1.82, 2.24) is 4.98 Å². The van der Waals surface area contributed by atoms with E-state index in [0.717, 1.165) is 0 Å². The smallest absolute Gasteiger partial charge is 0.335 e. The van der Waals surface area contributed by atoms with Gasteiger partial charge in [0.1, 0.15) is 0 Å². The molecular formula is C15H15NO5. The number of hydrogen-bond donors (Lipinski definition) is 1. The third kappa shape index (κ3) is 3.42. The van der Waals surface area contributed by atoms with E-state index in [4.69, 9.17) is 19.3 Å². The molecule has 6 heteroatoms. The monoisotopic (exact) mass is 289 g/mol. The third-order valence-corrected chi connectivity index (χ3v) is 2.65. The lowest BCUT2D eigenvalue weighted by atomic mass is 10.2. The number of methoxy groups -OCH3 is 1. The molecule has 2 rings (SSSR count). The Labute approximate surface area is 121 Å². The van der Waals surface area contributed by atoms with Crippen molar-refractivity contribution in [3.8, 4) is 23.1 Å². The number of benzene rings is 1. The fraction of sp³-hybridized carbons (Fsp3) is 0.200. The van der Waals surface area contributed by atoms with Crippen molar-refractivity contribution in [2.75, 3.05) is 13.7 Å². The van der Waals surface area contributed by atoms with E-state index in [1.54, 1.807) is 18.3 Å². The fourth-order valence-corrected chi connectivity index (χ4v) is 1.71. The Kier molecular flexibility index (Phi) is 4.61. The minimum atomic E-state index is -1.05. The van der Waals surface area contributed by atoms with Crippen LogP contribution in [0.3, 0.4) is 0 Å². The van der Waals surface area contributed by atoms with Crippen LogP contribution in [-0.4, -0.2) is 29.8 Å². The lowest BCUT2D eigenvalue weighted by molar-refractivity contribution is 0.0696. The highest BCUT2D eigenvalue weighted by atomic mass is 16.5. The Bertz CT molecular complexity index is 642. The summed E-state index contributed by atoms with van der Waals surface area (Å²) >= 11 is 0. The number of pyridine rings is 1. The zero-order valence-corrected chi connectivity index (χ0v) is 11.7. The molecule has 0 fully saturated rings. The number of carboxylic acid groups (broad SMARTS) is 1. The van der Waals surface area contributed by atoms with Gasteiger partial charge >= 0.3 is 5.97 Å². The highest BCUT2D eigenvalue weighted by molar-refractivity contribution is 5.88. The summed E-state index contributed by atoms with van der Waals surface area (Å²) in [5, 5.41) is 9.04. The van der Waals surface area contributed by atoms with Crippen molar-refractivity contribution in [1.29, 1.82) is 0 Å². The van der Waals surface area contributed by atoms with Gasteiger partial charge in [0.05, 0.1) is 19.3 Å². The lowest BCUT2D eigenvalue weighted by Gasteiger charge is -2.13. The van der Waals surface area contributed by atoms with Crippen molar-refractivity contribution >= 4 is 5.97 Å². The maximum Gasteiger partial charge on any atom is 0.335 e. The maximum absolute atomic E-state index is 11.0. The van der Waals surface area contributed by atoms with Gasteiger partial charge in [-0.15, -0.1) is 0 Å². The summed E-state index contributed by atoms with van der Waals surface area (Å²) in [6.45, 7) is 2.32. The van der Waals surface area contributed by atoms with Crippen LogP contribution in [0, 0.1) is 0 Å². The zero-order valence-electron chi connectivity index (χ0n) is 11.7. The molecule has 1 heterocycles. The summed E-state index contributed by atoms with van der Waals surface area (Å²) in [7, 11) is 1.48. The van der Waals surface area contributed by atoms with Crippen molar-refractivity contribution in [2.45, 2.75) is 6.92 Å². The fourth-order valence-electron chi connectivity index (χ4n) is 1.71. The number of carbonyl (C=O) groups is 1. The molecule has 0 unspecified atom stereocenters. The molecule has 0 aliphatic carbocycles. The molecule has 2 aromatic rings. The lowest BCUT2D eigenvalue weighted by Crippen LogP contribution is -2.00. The number of aromatic carboxylic acids is 1. The van der Waals surface area contributed by atoms with Gasteiger partial charge in [-0.25, -0.2) is 9.78 Å². The van der Waals surface area contributed by atoms with Crippen molar-refractivity contribution in [2.24, 2.45) is 0 Å². The van der Waals surface area contributed by atoms with E-state index < -0.39 is 5.97 Å². The van der Waals surface area contributed by atoms with Crippen molar-refractivity contribution in [3.05, 3.63) is 42.1 Å². The first kappa shape index (κ1) is 14.6. The van der Waals surface area contributed by atoms with E-state index in [9.17, 15) is 4.79 Å². The second kappa shape index (κ2) is 6.60. The van der Waals surface area contributed by atoms with E-state index in [-0.39, 0.29) is 17.2 Å². The van der Waals surface area contributed by atoms with Gasteiger partial charge < -0.3 is 19.3 Å². The Morgan fingerprint density at radius 1 is 1.24 bits per heavy atom. The first-order valence-corrected chi connectivity index (χ1v) is 6.32. The summed E-state index contributed by atoms with van der Waals surface area (Å²) in [5.41, 5.74) is 0.0969. The number of hydrogen-bond acceptors (Lipinski definition) is 5. The first-order chi connectivity index (χ1) is 10.2. The van der Waals surface area contributed by atoms with E-state index in [0.29, 0.717) is 18.1 Å². The molecule has 1 aromatic heterocycles. The molecule has 0 aliphatic rings. The van der Waals surface area contributed by atoms with Crippen LogP contribution in [0.15, 0.2) is 36.5 Å². The van der Waals surface area contributed by atoms with Crippen LogP contribution in [-0.2, 0) is 0 Å². The second-order valence-electron chi connectivity index (χ2n) is 4.01. The van der Waals surface area contributed by atoms with E-state index in [1.165, 1.54) is 25.3 Å². The molecule has 0 amide bonds. The highest BCUT2D eigenvalue weighted by Gasteiger charge is 2.14. The molecule has 0 bridgehead atoms. The maximum atomic E-state index is 11.0. The van der Waals surface area contributed by atoms with Crippen LogP contribution in [0.1, 0.15) is 17.3 Å². The number of nitrogens with zero attached hydrogens (tertiary/aromatic N) is 1. The van der Waals surface area contributed by atoms with Gasteiger partial charge in [-0.05, 0) is 37.3 Å². The molecule has 0 atom stereocenters. The van der Waals surface area contributed by atoms with Gasteiger partial charge in [-0.1, -0.05) is 0 Å². The molecular weight excluding hydrogens is 274 g/mol.